The minimum absolute atomic E-state index is 0.202. The number of rotatable bonds is 9. The summed E-state index contributed by atoms with van der Waals surface area (Å²) in [7, 11) is -5.41. The molecule has 0 saturated carbocycles. The second kappa shape index (κ2) is 8.43. The lowest BCUT2D eigenvalue weighted by Gasteiger charge is -2.35. The highest BCUT2D eigenvalue weighted by atomic mass is 32.2. The third-order valence-electron chi connectivity index (χ3n) is 3.11. The molecule has 1 unspecified atom stereocenters. The molecule has 1 amide bonds. The fourth-order valence-corrected chi connectivity index (χ4v) is 2.03. The molecule has 0 aromatic heterocycles. The first-order valence-corrected chi connectivity index (χ1v) is 8.57. The molecule has 0 aliphatic heterocycles. The highest BCUT2D eigenvalue weighted by Crippen LogP contribution is 2.42. The molecule has 0 aromatic rings. The normalized spacial score (nSPS) is 15.4. The first kappa shape index (κ1) is 27.1. The van der Waals surface area contributed by atoms with Gasteiger partial charge in [0.2, 0.25) is 0 Å². The molecule has 0 radical (unpaired) electrons. The molecule has 170 valence electrons. The molecule has 0 spiro atoms. The molecule has 0 bridgehead atoms. The Morgan fingerprint density at radius 1 is 1.07 bits per heavy atom. The van der Waals surface area contributed by atoms with E-state index in [1.807, 2.05) is 0 Å². The van der Waals surface area contributed by atoms with E-state index in [0.717, 1.165) is 21.0 Å². The van der Waals surface area contributed by atoms with Crippen molar-refractivity contribution in [1.29, 1.82) is 0 Å². The molecule has 0 aliphatic rings. The Morgan fingerprint density at radius 2 is 1.52 bits per heavy atom. The van der Waals surface area contributed by atoms with Crippen molar-refractivity contribution in [1.82, 2.24) is 4.90 Å². The number of hydrogen-bond acceptors (Lipinski definition) is 7. The topological polar surface area (TPSA) is 113 Å². The van der Waals surface area contributed by atoms with Crippen molar-refractivity contribution in [3.63, 3.8) is 0 Å². The molecule has 0 aliphatic carbocycles. The maximum atomic E-state index is 13.5. The number of nitrogens with zero attached hydrogens (tertiary/aromatic N) is 1. The highest BCUT2D eigenvalue weighted by Gasteiger charge is 2.68. The fraction of sp³-hybridized carbons (Fsp3) is 0.692. The first-order valence-electron chi connectivity index (χ1n) is 7.16. The summed E-state index contributed by atoms with van der Waals surface area (Å²) < 4.78 is 132. The van der Waals surface area contributed by atoms with Crippen molar-refractivity contribution >= 4 is 22.0 Å². The van der Waals surface area contributed by atoms with Crippen LogP contribution in [0.1, 0.15) is 13.3 Å². The van der Waals surface area contributed by atoms with E-state index >= 15 is 0 Å². The van der Waals surface area contributed by atoms with Crippen molar-refractivity contribution in [2.24, 2.45) is 0 Å². The van der Waals surface area contributed by atoms with Crippen LogP contribution < -0.4 is 0 Å². The number of carbonyl (C=O) groups is 2. The molecular weight excluding hydrogens is 447 g/mol. The summed E-state index contributed by atoms with van der Waals surface area (Å²) in [5, 5.41) is -6.19. The maximum absolute atomic E-state index is 13.5. The number of esters is 1. The summed E-state index contributed by atoms with van der Waals surface area (Å²) in [4.78, 5) is 23.7. The summed E-state index contributed by atoms with van der Waals surface area (Å²) in [6.07, 6.45) is -8.34. The highest BCUT2D eigenvalue weighted by molar-refractivity contribution is 7.86. The Morgan fingerprint density at radius 3 is 1.83 bits per heavy atom. The molecule has 1 atom stereocenters. The zero-order chi connectivity index (χ0) is 23.6. The molecule has 0 rings (SSSR count). The van der Waals surface area contributed by atoms with Crippen LogP contribution >= 0.6 is 0 Å². The van der Waals surface area contributed by atoms with E-state index in [1.165, 1.54) is 0 Å². The van der Waals surface area contributed by atoms with E-state index in [0.29, 0.717) is 0 Å². The second-order valence-corrected chi connectivity index (χ2v) is 7.18. The van der Waals surface area contributed by atoms with Gasteiger partial charge in [0, 0.05) is 26.1 Å². The van der Waals surface area contributed by atoms with Crippen LogP contribution in [0.4, 0.5) is 30.7 Å². The lowest BCUT2D eigenvalue weighted by molar-refractivity contribution is -0.352. The molecule has 0 saturated heterocycles. The average molecular weight is 462 g/mol. The summed E-state index contributed by atoms with van der Waals surface area (Å²) >= 11 is 0. The van der Waals surface area contributed by atoms with Gasteiger partial charge in [0.25, 0.3) is 0 Å². The van der Waals surface area contributed by atoms with Crippen LogP contribution in [-0.2, 0) is 29.2 Å². The van der Waals surface area contributed by atoms with Crippen LogP contribution in [0.25, 0.3) is 0 Å². The van der Waals surface area contributed by atoms with Gasteiger partial charge in [0.15, 0.2) is 10.1 Å². The van der Waals surface area contributed by atoms with Gasteiger partial charge in [-0.05, 0) is 6.92 Å². The monoisotopic (exact) mass is 462 g/mol. The molecular formula is C13H15F7NO7S-. The molecule has 16 heteroatoms. The summed E-state index contributed by atoms with van der Waals surface area (Å²) in [5.41, 5.74) is -0.664. The predicted molar refractivity (Wildman–Crippen MR) is 78.5 cm³/mol. The van der Waals surface area contributed by atoms with Gasteiger partial charge < -0.3 is 18.9 Å². The van der Waals surface area contributed by atoms with E-state index in [1.54, 1.807) is 0 Å². The van der Waals surface area contributed by atoms with Crippen LogP contribution in [0, 0.1) is 0 Å². The smallest absolute Gasteiger partial charge is 0.466 e. The number of amides is 1. The largest absolute Gasteiger partial charge is 0.743 e. The van der Waals surface area contributed by atoms with E-state index in [2.05, 4.69) is 16.1 Å². The Balaban J connectivity index is 6.00. The lowest BCUT2D eigenvalue weighted by atomic mass is 10.2. The Labute approximate surface area is 160 Å². The van der Waals surface area contributed by atoms with Gasteiger partial charge in [-0.3, -0.25) is 4.79 Å². The number of alkyl halides is 7. The minimum atomic E-state index is -6.90. The molecule has 0 aromatic carbocycles. The van der Waals surface area contributed by atoms with Crippen molar-refractivity contribution in [2.75, 3.05) is 20.7 Å². The second-order valence-electron chi connectivity index (χ2n) is 5.76. The Kier molecular flexibility index (Phi) is 7.87. The molecule has 0 N–H and O–H groups in total. The minimum Gasteiger partial charge on any atom is -0.743 e. The van der Waals surface area contributed by atoms with Crippen LogP contribution in [0.3, 0.4) is 0 Å². The first-order chi connectivity index (χ1) is 12.6. The van der Waals surface area contributed by atoms with Gasteiger partial charge in [-0.2, -0.15) is 30.7 Å². The SMILES string of the molecule is C=C(C)C(=O)OC(OCCC(F)(F)C(F)(F)S(=O)(=O)[O-])(C(=O)N(C)C)C(F)(F)F. The quantitative estimate of drug-likeness (QED) is 0.168. The van der Waals surface area contributed by atoms with Crippen LogP contribution in [0.2, 0.25) is 0 Å². The summed E-state index contributed by atoms with van der Waals surface area (Å²) in [6, 6.07) is 0. The van der Waals surface area contributed by atoms with Crippen LogP contribution in [0.5, 0.6) is 0 Å². The van der Waals surface area contributed by atoms with Crippen LogP contribution in [0.15, 0.2) is 12.2 Å². The van der Waals surface area contributed by atoms with E-state index in [4.69, 9.17) is 0 Å². The maximum Gasteiger partial charge on any atom is 0.466 e. The van der Waals surface area contributed by atoms with Gasteiger partial charge in [-0.15, -0.1) is 0 Å². The van der Waals surface area contributed by atoms with Gasteiger partial charge in [-0.25, -0.2) is 13.2 Å². The van der Waals surface area contributed by atoms with Gasteiger partial charge in [0.1, 0.15) is 0 Å². The third kappa shape index (κ3) is 5.57. The average Bonchev–Trinajstić information content (AvgIpc) is 2.50. The third-order valence-corrected chi connectivity index (χ3v) is 4.03. The zero-order valence-corrected chi connectivity index (χ0v) is 15.8. The zero-order valence-electron chi connectivity index (χ0n) is 15.0. The van der Waals surface area contributed by atoms with E-state index in [9.17, 15) is 53.3 Å². The number of halogens is 7. The van der Waals surface area contributed by atoms with E-state index in [-0.39, 0.29) is 4.90 Å². The van der Waals surface area contributed by atoms with Crippen LogP contribution in [-0.4, -0.2) is 73.6 Å². The van der Waals surface area contributed by atoms with Crippen molar-refractivity contribution in [2.45, 2.75) is 36.5 Å². The predicted octanol–water partition coefficient (Wildman–Crippen LogP) is 1.63. The lowest BCUT2D eigenvalue weighted by Crippen LogP contribution is -2.61. The van der Waals surface area contributed by atoms with E-state index < -0.39 is 63.7 Å². The number of carbonyl (C=O) groups excluding carboxylic acids is 2. The van der Waals surface area contributed by atoms with Crippen molar-refractivity contribution < 1.29 is 62.8 Å². The molecule has 0 fully saturated rings. The van der Waals surface area contributed by atoms with Crippen molar-refractivity contribution in [3.8, 4) is 0 Å². The Bertz CT molecular complexity index is 764. The molecule has 8 nitrogen and oxygen atoms in total. The fourth-order valence-electron chi connectivity index (χ4n) is 1.56. The number of likely N-dealkylation sites (N-methyl/N-ethyl adjacent to an activating group) is 1. The van der Waals surface area contributed by atoms with Gasteiger partial charge in [0.05, 0.1) is 6.61 Å². The van der Waals surface area contributed by atoms with Gasteiger partial charge in [-0.1, -0.05) is 6.58 Å². The van der Waals surface area contributed by atoms with Gasteiger partial charge >= 0.3 is 35.0 Å². The standard InChI is InChI=1S/C13H16F7NO7S/c1-7(2)8(22)28-11(12(16,17)18,9(23)21(3)4)27-6-5-10(14,15)13(19,20)29(24,25)26/h1,5-6H2,2-4H3,(H,24,25,26)/p-1. The summed E-state index contributed by atoms with van der Waals surface area (Å²) in [5.74, 6) is -14.2. The molecule has 29 heavy (non-hydrogen) atoms. The number of ether oxygens (including phenoxy) is 2. The molecule has 0 heterocycles. The Hall–Kier alpha value is -1.94. The summed E-state index contributed by atoms with van der Waals surface area (Å²) in [6.45, 7) is 1.77. The van der Waals surface area contributed by atoms with Crippen molar-refractivity contribution in [3.05, 3.63) is 12.2 Å². The number of hydrogen-bond donors (Lipinski definition) is 0.